The van der Waals surface area contributed by atoms with Crippen molar-refractivity contribution in [1.29, 1.82) is 0 Å². The molecule has 0 saturated carbocycles. The van der Waals surface area contributed by atoms with Crippen molar-refractivity contribution in [3.05, 3.63) is 77.5 Å². The molecule has 3 heterocycles. The fraction of sp³-hybridized carbons (Fsp3) is 0. The summed E-state index contributed by atoms with van der Waals surface area (Å²) in [5.74, 6) is 0.0452. The van der Waals surface area contributed by atoms with E-state index >= 15 is 0 Å². The predicted octanol–water partition coefficient (Wildman–Crippen LogP) is 0.482. The Kier molecular flexibility index (Phi) is 3.14. The molecule has 0 fully saturated rings. The number of aromatic nitrogens is 2. The predicted molar refractivity (Wildman–Crippen MR) is 85.6 cm³/mol. The van der Waals surface area contributed by atoms with Crippen molar-refractivity contribution < 1.29 is 15.1 Å². The maximum Gasteiger partial charge on any atom is 0.277 e. The molecule has 1 aromatic carbocycles. The summed E-state index contributed by atoms with van der Waals surface area (Å²) in [6.45, 7) is 0. The first-order chi connectivity index (χ1) is 10.8. The van der Waals surface area contributed by atoms with Gasteiger partial charge < -0.3 is 15.1 Å². The lowest BCUT2D eigenvalue weighted by Crippen LogP contribution is -2.86. The van der Waals surface area contributed by atoms with Gasteiger partial charge in [-0.05, 0) is 11.8 Å². The summed E-state index contributed by atoms with van der Waals surface area (Å²) < 4.78 is 0. The zero-order valence-electron chi connectivity index (χ0n) is 11.6. The molecule has 0 radical (unpaired) electrons. The lowest BCUT2D eigenvalue weighted by molar-refractivity contribution is -0.580. The van der Waals surface area contributed by atoms with Gasteiger partial charge in [0.2, 0.25) is 0 Å². The number of nitrogens with zero attached hydrogens (tertiary/aromatic N) is 1. The number of carbonyl (C=O) groups excluding carboxylic acids is 1. The quantitative estimate of drug-likeness (QED) is 0.331. The highest BCUT2D eigenvalue weighted by molar-refractivity contribution is 7.81. The fourth-order valence-corrected chi connectivity index (χ4v) is 3.41. The van der Waals surface area contributed by atoms with Crippen LogP contribution in [0.4, 0.5) is 0 Å². The Morgan fingerprint density at radius 2 is 2.23 bits per heavy atom. The van der Waals surface area contributed by atoms with E-state index in [2.05, 4.69) is 9.97 Å². The summed E-state index contributed by atoms with van der Waals surface area (Å²) in [5, 5.41) is 5.86. The molecule has 0 amide bonds. The van der Waals surface area contributed by atoms with E-state index in [1.165, 1.54) is 0 Å². The number of nitrogens with two attached hydrogens (primary N) is 1. The molecule has 0 saturated heterocycles. The molecular weight excluding hydrogens is 294 g/mol. The molecule has 3 aromatic rings. The number of aromatic amines is 1. The van der Waals surface area contributed by atoms with E-state index in [0.29, 0.717) is 11.6 Å². The number of hydrogen-bond acceptors (Lipinski definition) is 2. The highest BCUT2D eigenvalue weighted by atomic mass is 32.1. The van der Waals surface area contributed by atoms with Crippen LogP contribution in [0.15, 0.2) is 55.0 Å². The second-order valence-electron chi connectivity index (χ2n) is 5.02. The molecule has 22 heavy (non-hydrogen) atoms. The van der Waals surface area contributed by atoms with Crippen molar-refractivity contribution in [2.75, 3.05) is 0 Å². The molecular formula is C17H13N3OS. The Balaban J connectivity index is 1.59. The second-order valence-corrected chi connectivity index (χ2v) is 5.93. The van der Waals surface area contributed by atoms with E-state index in [1.807, 2.05) is 53.3 Å². The number of nitrogens with one attached hydrogen (secondary N) is 1. The van der Waals surface area contributed by atoms with E-state index in [9.17, 15) is 4.79 Å². The molecule has 3 N–H and O–H groups in total. The maximum absolute atomic E-state index is 12.7. The first-order valence-corrected chi connectivity index (χ1v) is 7.80. The molecule has 0 unspecified atom stereocenters. The largest absolute Gasteiger partial charge is 0.346 e. The number of carbonyl (C=O) groups is 1. The van der Waals surface area contributed by atoms with Crippen LogP contribution in [0.3, 0.4) is 0 Å². The van der Waals surface area contributed by atoms with Gasteiger partial charge in [-0.15, -0.1) is 24.3 Å². The summed E-state index contributed by atoms with van der Waals surface area (Å²) in [4.78, 5) is 20.0. The molecule has 1 aliphatic rings. The van der Waals surface area contributed by atoms with Gasteiger partial charge >= 0.3 is 0 Å². The number of H-pyrrole nitrogens is 1. The monoisotopic (exact) mass is 307 g/mol. The first kappa shape index (κ1) is 13.1. The average Bonchev–Trinajstić information content (AvgIpc) is 3.22. The summed E-state index contributed by atoms with van der Waals surface area (Å²) in [7, 11) is 0. The third-order valence-electron chi connectivity index (χ3n) is 3.64. The molecule has 108 valence electrons. The topological polar surface area (TPSA) is 60.7 Å². The summed E-state index contributed by atoms with van der Waals surface area (Å²) in [6, 6.07) is 12.5. The Bertz CT molecular complexity index is 856. The van der Waals surface area contributed by atoms with Crippen LogP contribution in [0.25, 0.3) is 10.9 Å². The van der Waals surface area contributed by atoms with Gasteiger partial charge in [0.25, 0.3) is 5.37 Å². The van der Waals surface area contributed by atoms with Crippen LogP contribution in [0.5, 0.6) is 0 Å². The van der Waals surface area contributed by atoms with Crippen molar-refractivity contribution >= 4 is 33.4 Å². The number of para-hydroxylation sites is 1. The molecule has 4 rings (SSSR count). The lowest BCUT2D eigenvalue weighted by atomic mass is 10.0. The van der Waals surface area contributed by atoms with Crippen molar-refractivity contribution in [3.63, 3.8) is 0 Å². The van der Waals surface area contributed by atoms with Gasteiger partial charge in [0.05, 0.1) is 11.8 Å². The molecule has 4 nitrogen and oxygen atoms in total. The number of hydrogen-bond donors (Lipinski definition) is 1. The first-order valence-electron chi connectivity index (χ1n) is 6.93. The Morgan fingerprint density at radius 1 is 1.27 bits per heavy atom. The minimum absolute atomic E-state index is 0.0452. The Hall–Kier alpha value is -2.63. The third-order valence-corrected chi connectivity index (χ3v) is 4.62. The third kappa shape index (κ3) is 2.16. The van der Waals surface area contributed by atoms with Gasteiger partial charge in [0.1, 0.15) is 5.52 Å². The summed E-state index contributed by atoms with van der Waals surface area (Å²) in [6.07, 6.45) is 5.34. The van der Waals surface area contributed by atoms with Crippen molar-refractivity contribution in [2.45, 2.75) is 0 Å². The van der Waals surface area contributed by atoms with E-state index in [1.54, 1.807) is 23.7 Å². The molecule has 1 aliphatic heterocycles. The molecule has 2 aromatic heterocycles. The number of pyridine rings is 1. The summed E-state index contributed by atoms with van der Waals surface area (Å²) >= 11 is 1.56. The smallest absolute Gasteiger partial charge is 0.277 e. The van der Waals surface area contributed by atoms with Crippen LogP contribution < -0.4 is 10.3 Å². The van der Waals surface area contributed by atoms with E-state index in [0.717, 1.165) is 21.8 Å². The molecule has 0 bridgehead atoms. The molecule has 0 atom stereocenters. The lowest BCUT2D eigenvalue weighted by Gasteiger charge is -2.14. The van der Waals surface area contributed by atoms with Crippen molar-refractivity contribution in [2.24, 2.45) is 0 Å². The van der Waals surface area contributed by atoms with E-state index in [-0.39, 0.29) is 5.78 Å². The van der Waals surface area contributed by atoms with Gasteiger partial charge in [0, 0.05) is 6.20 Å². The number of ketones is 1. The van der Waals surface area contributed by atoms with Crippen LogP contribution in [-0.4, -0.2) is 16.1 Å². The summed E-state index contributed by atoms with van der Waals surface area (Å²) in [5.41, 5.74) is 2.73. The van der Waals surface area contributed by atoms with Crippen molar-refractivity contribution in [1.82, 2.24) is 4.98 Å². The van der Waals surface area contributed by atoms with Crippen LogP contribution in [0, 0.1) is 11.4 Å². The van der Waals surface area contributed by atoms with Crippen LogP contribution >= 0.6 is 0 Å². The standard InChI is InChI=1S/C17H13N3OS/c21-16(13-9-19-14-6-2-1-5-12(13)14)15-10-22-17(20-15)11-4-3-7-18-8-11/h1-10,19H,20H2. The number of fused-ring (bicyclic) bond motifs is 1. The molecule has 0 spiro atoms. The SMILES string of the molecule is O=C(c1c[nH+][c-]2ccccc12)[C-]1C=[S+][C-](c2cccnc2)[NH2+]1. The van der Waals surface area contributed by atoms with Crippen molar-refractivity contribution in [3.8, 4) is 0 Å². The number of benzene rings is 1. The minimum Gasteiger partial charge on any atom is -0.346 e. The fourth-order valence-electron chi connectivity index (χ4n) is 2.53. The van der Waals surface area contributed by atoms with Gasteiger partial charge in [-0.2, -0.15) is 0 Å². The maximum atomic E-state index is 12.7. The average molecular weight is 307 g/mol. The Labute approximate surface area is 131 Å². The molecule has 5 heteroatoms. The number of Topliss-reactive ketones (excluding diaryl/α,β-unsaturated/α-hetero) is 1. The van der Waals surface area contributed by atoms with E-state index < -0.39 is 0 Å². The second kappa shape index (κ2) is 5.29. The van der Waals surface area contributed by atoms with Crippen LogP contribution in [-0.2, 0) is 11.4 Å². The van der Waals surface area contributed by atoms with Crippen LogP contribution in [0.2, 0.25) is 0 Å². The van der Waals surface area contributed by atoms with Crippen LogP contribution in [0.1, 0.15) is 15.9 Å². The van der Waals surface area contributed by atoms with Gasteiger partial charge in [-0.1, -0.05) is 29.3 Å². The minimum atomic E-state index is 0.0452. The zero-order valence-corrected chi connectivity index (χ0v) is 12.4. The number of quaternary nitrogens is 1. The van der Waals surface area contributed by atoms with Gasteiger partial charge in [0.15, 0.2) is 16.7 Å². The highest BCUT2D eigenvalue weighted by Gasteiger charge is 2.31. The normalized spacial score (nSPS) is 14.0. The zero-order chi connectivity index (χ0) is 14.9. The number of rotatable bonds is 3. The van der Waals surface area contributed by atoms with E-state index in [4.69, 9.17) is 0 Å². The van der Waals surface area contributed by atoms with Gasteiger partial charge in [-0.3, -0.25) is 4.98 Å². The van der Waals surface area contributed by atoms with Gasteiger partial charge in [-0.25, -0.2) is 0 Å². The highest BCUT2D eigenvalue weighted by Crippen LogP contribution is 2.19. The Morgan fingerprint density at radius 3 is 3.09 bits per heavy atom. The molecule has 0 aliphatic carbocycles.